The monoisotopic (exact) mass is 644 g/mol. The van der Waals surface area contributed by atoms with E-state index in [1.807, 2.05) is 18.6 Å². The van der Waals surface area contributed by atoms with Gasteiger partial charge < -0.3 is 10.2 Å². The number of fused-ring (bicyclic) bond motifs is 1. The molecule has 4 aromatic rings. The fourth-order valence-corrected chi connectivity index (χ4v) is 6.95. The topological polar surface area (TPSA) is 109 Å². The number of halogens is 3. The number of benzene rings is 2. The molecule has 2 heterocycles. The Bertz CT molecular complexity index is 1820. The molecule has 2 aromatic carbocycles. The Morgan fingerprint density at radius 2 is 1.68 bits per heavy atom. The van der Waals surface area contributed by atoms with Crippen molar-refractivity contribution in [3.05, 3.63) is 81.2 Å². The average Bonchev–Trinajstić information content (AvgIpc) is 2.95. The van der Waals surface area contributed by atoms with Crippen LogP contribution in [0.25, 0.3) is 22.2 Å². The lowest BCUT2D eigenvalue weighted by atomic mass is 9.91. The molecule has 0 bridgehead atoms. The summed E-state index contributed by atoms with van der Waals surface area (Å²) in [6.45, 7) is 3.64. The molecule has 5 rings (SSSR count). The van der Waals surface area contributed by atoms with Gasteiger partial charge in [0.2, 0.25) is 16.0 Å². The van der Waals surface area contributed by atoms with Crippen molar-refractivity contribution in [2.45, 2.75) is 63.4 Å². The third-order valence-corrected chi connectivity index (χ3v) is 9.41. The maximum absolute atomic E-state index is 15.2. The fraction of sp³-hybridized carbons (Fsp3) is 0.387. The molecule has 2 aromatic heterocycles. The minimum Gasteiger partial charge on any atom is -0.351 e. The van der Waals surface area contributed by atoms with Crippen LogP contribution >= 0.6 is 11.6 Å². The van der Waals surface area contributed by atoms with Crippen LogP contribution in [0.15, 0.2) is 53.5 Å². The van der Waals surface area contributed by atoms with Gasteiger partial charge in [-0.05, 0) is 95.1 Å². The molecule has 1 aliphatic carbocycles. The highest BCUT2D eigenvalue weighted by atomic mass is 35.5. The van der Waals surface area contributed by atoms with Crippen LogP contribution in [-0.2, 0) is 15.8 Å². The number of nitrogens with one attached hydrogen (secondary N) is 2. The van der Waals surface area contributed by atoms with Gasteiger partial charge in [0.25, 0.3) is 5.56 Å². The highest BCUT2D eigenvalue weighted by Gasteiger charge is 2.24. The van der Waals surface area contributed by atoms with E-state index < -0.39 is 38.7 Å². The number of anilines is 2. The molecule has 0 unspecified atom stereocenters. The summed E-state index contributed by atoms with van der Waals surface area (Å²) in [6.07, 6.45) is 5.67. The number of hydrogen-bond donors (Lipinski definition) is 2. The van der Waals surface area contributed by atoms with Gasteiger partial charge in [-0.15, -0.1) is 0 Å². The average molecular weight is 645 g/mol. The first kappa shape index (κ1) is 31.8. The molecule has 0 radical (unpaired) electrons. The summed E-state index contributed by atoms with van der Waals surface area (Å²) in [7, 11) is 0.0177. The summed E-state index contributed by atoms with van der Waals surface area (Å²) in [5.74, 6) is -2.41. The van der Waals surface area contributed by atoms with E-state index in [2.05, 4.69) is 34.3 Å². The molecule has 13 heteroatoms. The number of hydrogen-bond acceptors (Lipinski definition) is 7. The summed E-state index contributed by atoms with van der Waals surface area (Å²) in [4.78, 5) is 25.1. The van der Waals surface area contributed by atoms with Gasteiger partial charge in [0.1, 0.15) is 11.3 Å². The predicted octanol–water partition coefficient (Wildman–Crippen LogP) is 6.20. The summed E-state index contributed by atoms with van der Waals surface area (Å²) in [5.41, 5.74) is -0.527. The lowest BCUT2D eigenvalue weighted by Gasteiger charge is -2.33. The second-order valence-electron chi connectivity index (χ2n) is 11.7. The first-order valence-electron chi connectivity index (χ1n) is 14.4. The maximum atomic E-state index is 15.2. The third-order valence-electron chi connectivity index (χ3n) is 7.93. The van der Waals surface area contributed by atoms with E-state index in [1.165, 1.54) is 34.9 Å². The Morgan fingerprint density at radius 1 is 1.05 bits per heavy atom. The third kappa shape index (κ3) is 7.03. The van der Waals surface area contributed by atoms with E-state index in [4.69, 9.17) is 11.6 Å². The predicted molar refractivity (Wildman–Crippen MR) is 171 cm³/mol. The Labute approximate surface area is 260 Å². The molecule has 1 aliphatic rings. The summed E-state index contributed by atoms with van der Waals surface area (Å²) < 4.78 is 59.3. The van der Waals surface area contributed by atoms with Gasteiger partial charge in [-0.3, -0.25) is 14.1 Å². The van der Waals surface area contributed by atoms with E-state index in [0.717, 1.165) is 37.8 Å². The minimum absolute atomic E-state index is 0.0332. The molecule has 234 valence electrons. The van der Waals surface area contributed by atoms with Crippen molar-refractivity contribution < 1.29 is 17.2 Å². The van der Waals surface area contributed by atoms with Crippen molar-refractivity contribution in [1.82, 2.24) is 19.4 Å². The zero-order valence-corrected chi connectivity index (χ0v) is 26.5. The molecular formula is C31H35ClF2N6O3S. The van der Waals surface area contributed by atoms with Crippen LogP contribution in [0.3, 0.4) is 0 Å². The van der Waals surface area contributed by atoms with Crippen molar-refractivity contribution in [3.8, 4) is 11.1 Å². The van der Waals surface area contributed by atoms with Crippen LogP contribution in [0.5, 0.6) is 0 Å². The smallest absolute Gasteiger partial charge is 0.260 e. The number of rotatable bonds is 9. The number of sulfonamides is 1. The van der Waals surface area contributed by atoms with Gasteiger partial charge >= 0.3 is 0 Å². The molecule has 0 amide bonds. The van der Waals surface area contributed by atoms with Gasteiger partial charge in [-0.25, -0.2) is 22.2 Å². The molecule has 9 nitrogen and oxygen atoms in total. The lowest BCUT2D eigenvalue weighted by molar-refractivity contribution is 0.221. The molecule has 2 N–H and O–H groups in total. The summed E-state index contributed by atoms with van der Waals surface area (Å²) >= 11 is 5.85. The zero-order chi connectivity index (χ0) is 31.8. The molecule has 0 saturated heterocycles. The Balaban J connectivity index is 1.43. The van der Waals surface area contributed by atoms with Crippen LogP contribution in [0.1, 0.15) is 51.1 Å². The Kier molecular flexibility index (Phi) is 9.24. The molecule has 1 fully saturated rings. The molecular weight excluding hydrogens is 610 g/mol. The van der Waals surface area contributed by atoms with E-state index in [-0.39, 0.29) is 23.2 Å². The molecule has 1 saturated carbocycles. The van der Waals surface area contributed by atoms with Crippen molar-refractivity contribution in [3.63, 3.8) is 0 Å². The lowest BCUT2D eigenvalue weighted by Crippen LogP contribution is -2.36. The largest absolute Gasteiger partial charge is 0.351 e. The molecule has 0 atom stereocenters. The van der Waals surface area contributed by atoms with Crippen LogP contribution in [0, 0.1) is 11.6 Å². The molecule has 0 aliphatic heterocycles. The van der Waals surface area contributed by atoms with Gasteiger partial charge in [0.05, 0.1) is 5.75 Å². The SMILES string of the molecule is CC(C)n1c(=O)c(-c2cc(F)c(NS(=O)(=O)Cc3ccc(Cl)cc3)c(F)c2)cc2cnc(N[C@H]3CC[C@H](N(C)C)CC3)nc21. The van der Waals surface area contributed by atoms with E-state index in [9.17, 15) is 13.2 Å². The first-order valence-corrected chi connectivity index (χ1v) is 16.4. The van der Waals surface area contributed by atoms with Crippen LogP contribution in [0.4, 0.5) is 20.4 Å². The zero-order valence-electron chi connectivity index (χ0n) is 24.9. The summed E-state index contributed by atoms with van der Waals surface area (Å²) in [5, 5.41) is 4.35. The van der Waals surface area contributed by atoms with E-state index >= 15 is 8.78 Å². The first-order chi connectivity index (χ1) is 20.8. The number of pyridine rings is 1. The van der Waals surface area contributed by atoms with Crippen molar-refractivity contribution in [2.24, 2.45) is 0 Å². The van der Waals surface area contributed by atoms with Crippen LogP contribution < -0.4 is 15.6 Å². The van der Waals surface area contributed by atoms with Gasteiger partial charge in [-0.2, -0.15) is 4.98 Å². The highest BCUT2D eigenvalue weighted by molar-refractivity contribution is 7.91. The van der Waals surface area contributed by atoms with Crippen LogP contribution in [-0.4, -0.2) is 54.0 Å². The fourth-order valence-electron chi connectivity index (χ4n) is 5.61. The van der Waals surface area contributed by atoms with E-state index in [1.54, 1.807) is 6.20 Å². The Hall–Kier alpha value is -3.61. The molecule has 44 heavy (non-hydrogen) atoms. The number of aromatic nitrogens is 3. The second-order valence-corrected chi connectivity index (χ2v) is 13.9. The van der Waals surface area contributed by atoms with Crippen molar-refractivity contribution in [1.29, 1.82) is 0 Å². The Morgan fingerprint density at radius 3 is 2.27 bits per heavy atom. The standard InChI is InChI=1S/C31H35ClF2N6O3S/c1-18(2)40-29-21(16-35-31(37-29)36-23-9-11-24(12-10-23)39(3)4)13-25(30(40)41)20-14-26(33)28(27(34)15-20)38-44(42,43)17-19-5-7-22(32)8-6-19/h5-8,13-16,18,23-24,38H,9-12,17H2,1-4H3,(H,35,36,37)/t23-,24-. The number of nitrogens with zero attached hydrogens (tertiary/aromatic N) is 4. The van der Waals surface area contributed by atoms with Crippen LogP contribution in [0.2, 0.25) is 5.02 Å². The summed E-state index contributed by atoms with van der Waals surface area (Å²) in [6, 6.07) is 9.90. The normalized spacial score (nSPS) is 17.4. The van der Waals surface area contributed by atoms with E-state index in [0.29, 0.717) is 33.6 Å². The molecule has 0 spiro atoms. The second kappa shape index (κ2) is 12.8. The van der Waals surface area contributed by atoms with Crippen molar-refractivity contribution >= 4 is 44.3 Å². The quantitative estimate of drug-likeness (QED) is 0.223. The van der Waals surface area contributed by atoms with Crippen molar-refractivity contribution in [2.75, 3.05) is 24.1 Å². The highest BCUT2D eigenvalue weighted by Crippen LogP contribution is 2.30. The van der Waals surface area contributed by atoms with Gasteiger partial charge in [0, 0.05) is 40.3 Å². The van der Waals surface area contributed by atoms with Gasteiger partial charge in [-0.1, -0.05) is 23.7 Å². The van der Waals surface area contributed by atoms with Gasteiger partial charge in [0.15, 0.2) is 11.6 Å². The minimum atomic E-state index is -4.16. The maximum Gasteiger partial charge on any atom is 0.260 e.